The minimum absolute atomic E-state index is 0.140. The number of rotatable bonds is 1. The van der Waals surface area contributed by atoms with Crippen LogP contribution in [0.3, 0.4) is 0 Å². The number of hydrogen-bond acceptors (Lipinski definition) is 2. The molecule has 0 aromatic heterocycles. The van der Waals surface area contributed by atoms with Crippen LogP contribution in [0.5, 0.6) is 0 Å². The van der Waals surface area contributed by atoms with Gasteiger partial charge in [-0.15, -0.1) is 0 Å². The normalized spacial score (nSPS) is 24.6. The van der Waals surface area contributed by atoms with E-state index in [0.717, 1.165) is 23.2 Å². The van der Waals surface area contributed by atoms with E-state index < -0.39 is 0 Å². The molecular formula is C29H30N2O. The molecule has 2 aromatic carbocycles. The predicted molar refractivity (Wildman–Crippen MR) is 131 cm³/mol. The van der Waals surface area contributed by atoms with E-state index in [1.165, 1.54) is 11.1 Å². The van der Waals surface area contributed by atoms with Gasteiger partial charge in [-0.1, -0.05) is 85.2 Å². The Morgan fingerprint density at radius 1 is 1.00 bits per heavy atom. The molecule has 2 heterocycles. The minimum atomic E-state index is -0.179. The van der Waals surface area contributed by atoms with Gasteiger partial charge >= 0.3 is 0 Å². The summed E-state index contributed by atoms with van der Waals surface area (Å²) in [5, 5.41) is 3.72. The summed E-state index contributed by atoms with van der Waals surface area (Å²) in [6, 6.07) is 18.2. The van der Waals surface area contributed by atoms with E-state index in [0.29, 0.717) is 12.5 Å². The van der Waals surface area contributed by atoms with Crippen LogP contribution in [-0.4, -0.2) is 23.4 Å². The molecule has 0 radical (unpaired) electrons. The number of carbonyl (C=O) groups excluding carboxylic acids is 1. The van der Waals surface area contributed by atoms with Crippen molar-refractivity contribution in [1.29, 1.82) is 0 Å². The van der Waals surface area contributed by atoms with Gasteiger partial charge in [-0.25, -0.2) is 0 Å². The maximum atomic E-state index is 13.4. The molecule has 0 spiro atoms. The van der Waals surface area contributed by atoms with Crippen molar-refractivity contribution < 1.29 is 4.79 Å². The molecule has 3 heteroatoms. The quantitative estimate of drug-likeness (QED) is 0.631. The second-order valence-electron chi connectivity index (χ2n) is 8.61. The smallest absolute Gasteiger partial charge is 0.299 e. The topological polar surface area (TPSA) is 32.3 Å². The highest BCUT2D eigenvalue weighted by Gasteiger charge is 2.35. The van der Waals surface area contributed by atoms with Crippen molar-refractivity contribution in [3.63, 3.8) is 0 Å². The standard InChI is InChI=1S/C29H30N2O/c1-21-13-16-25(17-14-21)29-28-26(22(2)9-7-8-10-23(3)30-28)19-20-31(29)27(32)18-15-24-11-5-4-6-12-24/h4-14,16-17,22-23,29-30H,19-20H2,1-3H3/b9-7-,10-8-. The Hall–Kier alpha value is -3.51. The lowest BCUT2D eigenvalue weighted by molar-refractivity contribution is -0.127. The first-order valence-electron chi connectivity index (χ1n) is 11.3. The van der Waals surface area contributed by atoms with Gasteiger partial charge in [-0.2, -0.15) is 0 Å². The molecule has 2 aliphatic rings. The number of nitrogens with zero attached hydrogens (tertiary/aromatic N) is 1. The van der Waals surface area contributed by atoms with Gasteiger partial charge in [0, 0.05) is 29.8 Å². The molecule has 0 fully saturated rings. The van der Waals surface area contributed by atoms with E-state index in [9.17, 15) is 4.79 Å². The fraction of sp³-hybridized carbons (Fsp3) is 0.276. The average molecular weight is 423 g/mol. The van der Waals surface area contributed by atoms with Gasteiger partial charge in [-0.3, -0.25) is 4.79 Å². The molecule has 162 valence electrons. The third-order valence-electron chi connectivity index (χ3n) is 6.14. The number of hydrogen-bond donors (Lipinski definition) is 1. The van der Waals surface area contributed by atoms with Gasteiger partial charge in [-0.05, 0) is 49.5 Å². The largest absolute Gasteiger partial charge is 0.380 e. The molecule has 2 aromatic rings. The maximum Gasteiger partial charge on any atom is 0.299 e. The van der Waals surface area contributed by atoms with Gasteiger partial charge in [0.1, 0.15) is 0 Å². The first-order chi connectivity index (χ1) is 15.5. The van der Waals surface area contributed by atoms with Crippen LogP contribution >= 0.6 is 0 Å². The van der Waals surface area contributed by atoms with Gasteiger partial charge < -0.3 is 10.2 Å². The lowest BCUT2D eigenvalue weighted by Gasteiger charge is -2.40. The zero-order chi connectivity index (χ0) is 22.5. The zero-order valence-electron chi connectivity index (χ0n) is 19.0. The summed E-state index contributed by atoms with van der Waals surface area (Å²) in [4.78, 5) is 15.3. The van der Waals surface area contributed by atoms with Gasteiger partial charge in [0.2, 0.25) is 0 Å². The van der Waals surface area contributed by atoms with Crippen molar-refractivity contribution in [3.8, 4) is 11.8 Å². The first kappa shape index (κ1) is 21.7. The lowest BCUT2D eigenvalue weighted by atomic mass is 9.86. The van der Waals surface area contributed by atoms with Crippen LogP contribution in [0.2, 0.25) is 0 Å². The molecule has 0 saturated heterocycles. The van der Waals surface area contributed by atoms with Crippen LogP contribution in [-0.2, 0) is 4.79 Å². The molecule has 4 rings (SSSR count). The van der Waals surface area contributed by atoms with E-state index in [2.05, 4.69) is 86.5 Å². The highest BCUT2D eigenvalue weighted by molar-refractivity contribution is 5.94. The summed E-state index contributed by atoms with van der Waals surface area (Å²) in [5.41, 5.74) is 5.66. The molecule has 0 aliphatic carbocycles. The molecule has 3 nitrogen and oxygen atoms in total. The van der Waals surface area contributed by atoms with E-state index in [1.54, 1.807) is 0 Å². The van der Waals surface area contributed by atoms with Gasteiger partial charge in [0.25, 0.3) is 5.91 Å². The molecule has 1 amide bonds. The van der Waals surface area contributed by atoms with Crippen LogP contribution in [0.4, 0.5) is 0 Å². The number of carbonyl (C=O) groups is 1. The Morgan fingerprint density at radius 3 is 2.47 bits per heavy atom. The Balaban J connectivity index is 1.77. The van der Waals surface area contributed by atoms with Crippen LogP contribution in [0, 0.1) is 24.7 Å². The van der Waals surface area contributed by atoms with Crippen molar-refractivity contribution in [2.75, 3.05) is 6.54 Å². The van der Waals surface area contributed by atoms with Crippen molar-refractivity contribution in [2.24, 2.45) is 5.92 Å². The molecule has 3 unspecified atom stereocenters. The summed E-state index contributed by atoms with van der Waals surface area (Å²) in [7, 11) is 0. The molecule has 0 saturated carbocycles. The number of benzene rings is 2. The van der Waals surface area contributed by atoms with Crippen molar-refractivity contribution >= 4 is 5.91 Å². The average Bonchev–Trinajstić information content (AvgIpc) is 2.87. The Labute approximate surface area is 191 Å². The predicted octanol–water partition coefficient (Wildman–Crippen LogP) is 5.31. The molecule has 1 N–H and O–H groups in total. The lowest BCUT2D eigenvalue weighted by Crippen LogP contribution is -2.44. The second-order valence-corrected chi connectivity index (χ2v) is 8.61. The summed E-state index contributed by atoms with van der Waals surface area (Å²) in [6.45, 7) is 7.12. The number of amides is 1. The highest BCUT2D eigenvalue weighted by Crippen LogP contribution is 2.38. The minimum Gasteiger partial charge on any atom is -0.380 e. The Kier molecular flexibility index (Phi) is 6.61. The Morgan fingerprint density at radius 2 is 1.72 bits per heavy atom. The molecule has 0 bridgehead atoms. The monoisotopic (exact) mass is 422 g/mol. The first-order valence-corrected chi connectivity index (χ1v) is 11.3. The van der Waals surface area contributed by atoms with Crippen molar-refractivity contribution in [3.05, 3.63) is 107 Å². The summed E-state index contributed by atoms with van der Waals surface area (Å²) >= 11 is 0. The number of aryl methyl sites for hydroxylation is 1. The van der Waals surface area contributed by atoms with Crippen molar-refractivity contribution in [1.82, 2.24) is 10.2 Å². The summed E-state index contributed by atoms with van der Waals surface area (Å²) < 4.78 is 0. The SMILES string of the molecule is Cc1ccc(C2C3=C(CCN2C(=O)C#Cc2ccccc2)C(C)/C=C\C=C/C(C)N3)cc1. The fourth-order valence-corrected chi connectivity index (χ4v) is 4.38. The third kappa shape index (κ3) is 4.86. The zero-order valence-corrected chi connectivity index (χ0v) is 19.0. The molecule has 32 heavy (non-hydrogen) atoms. The van der Waals surface area contributed by atoms with Crippen LogP contribution in [0.15, 0.2) is 90.2 Å². The van der Waals surface area contributed by atoms with E-state index in [-0.39, 0.29) is 18.0 Å². The fourth-order valence-electron chi connectivity index (χ4n) is 4.38. The van der Waals surface area contributed by atoms with Crippen LogP contribution in [0.1, 0.15) is 43.0 Å². The summed E-state index contributed by atoms with van der Waals surface area (Å²) in [6.07, 6.45) is 9.46. The van der Waals surface area contributed by atoms with Gasteiger partial charge in [0.05, 0.1) is 6.04 Å². The second kappa shape index (κ2) is 9.75. The van der Waals surface area contributed by atoms with Crippen molar-refractivity contribution in [2.45, 2.75) is 39.3 Å². The summed E-state index contributed by atoms with van der Waals surface area (Å²) in [5.74, 6) is 6.10. The van der Waals surface area contributed by atoms with Crippen LogP contribution in [0.25, 0.3) is 0 Å². The van der Waals surface area contributed by atoms with E-state index in [1.807, 2.05) is 35.2 Å². The molecule has 2 aliphatic heterocycles. The Bertz CT molecular complexity index is 1110. The molecular weight excluding hydrogens is 392 g/mol. The van der Waals surface area contributed by atoms with E-state index >= 15 is 0 Å². The van der Waals surface area contributed by atoms with E-state index in [4.69, 9.17) is 0 Å². The number of nitrogens with one attached hydrogen (secondary N) is 1. The third-order valence-corrected chi connectivity index (χ3v) is 6.14. The van der Waals surface area contributed by atoms with Crippen LogP contribution < -0.4 is 5.32 Å². The number of allylic oxidation sites excluding steroid dienone is 3. The van der Waals surface area contributed by atoms with Gasteiger partial charge in [0.15, 0.2) is 0 Å². The maximum absolute atomic E-state index is 13.4. The molecule has 3 atom stereocenters. The highest BCUT2D eigenvalue weighted by atomic mass is 16.2.